The van der Waals surface area contributed by atoms with E-state index in [9.17, 15) is 9.90 Å². The molecule has 3 aromatic heterocycles. The highest BCUT2D eigenvalue weighted by molar-refractivity contribution is 7.16. The Hall–Kier alpha value is -4.71. The predicted octanol–water partition coefficient (Wildman–Crippen LogP) is 7.09. The molecule has 2 N–H and O–H groups in total. The van der Waals surface area contributed by atoms with E-state index in [0.29, 0.717) is 27.9 Å². The number of benzene rings is 2. The van der Waals surface area contributed by atoms with Crippen LogP contribution in [0.1, 0.15) is 51.2 Å². The van der Waals surface area contributed by atoms with E-state index in [1.54, 1.807) is 29.7 Å². The first-order valence-electron chi connectivity index (χ1n) is 12.8. The van der Waals surface area contributed by atoms with Gasteiger partial charge in [0.25, 0.3) is 0 Å². The second kappa shape index (κ2) is 11.0. The highest BCUT2D eigenvalue weighted by Gasteiger charge is 2.34. The molecule has 0 fully saturated rings. The van der Waals surface area contributed by atoms with Crippen molar-refractivity contribution >= 4 is 40.2 Å². The normalized spacial score (nSPS) is 13.7. The van der Waals surface area contributed by atoms with Crippen LogP contribution in [0.3, 0.4) is 0 Å². The summed E-state index contributed by atoms with van der Waals surface area (Å²) in [5.41, 5.74) is 6.29. The third-order valence-electron chi connectivity index (χ3n) is 6.70. The molecule has 1 aliphatic heterocycles. The molecule has 9 heteroatoms. The lowest BCUT2D eigenvalue weighted by molar-refractivity contribution is -0.116. The molecule has 0 unspecified atom stereocenters. The van der Waals surface area contributed by atoms with Gasteiger partial charge in [0.05, 0.1) is 33.1 Å². The largest absolute Gasteiger partial charge is 0.508 e. The first kappa shape index (κ1) is 26.5. The second-order valence-corrected chi connectivity index (χ2v) is 11.0. The number of thiophene rings is 1. The van der Waals surface area contributed by atoms with Crippen molar-refractivity contribution < 1.29 is 14.4 Å². The minimum Gasteiger partial charge on any atom is -0.508 e. The van der Waals surface area contributed by atoms with E-state index < -0.39 is 6.04 Å². The van der Waals surface area contributed by atoms with Gasteiger partial charge >= 0.3 is 0 Å². The van der Waals surface area contributed by atoms with E-state index in [0.717, 1.165) is 37.7 Å². The van der Waals surface area contributed by atoms with Gasteiger partial charge in [0, 0.05) is 28.0 Å². The molecule has 1 atom stereocenters. The van der Waals surface area contributed by atoms with Crippen LogP contribution >= 0.6 is 22.9 Å². The van der Waals surface area contributed by atoms with Crippen LogP contribution in [0.5, 0.6) is 5.75 Å². The molecule has 5 aromatic rings. The topological polar surface area (TPSA) is 101 Å². The maximum Gasteiger partial charge on any atom is 0.227 e. The van der Waals surface area contributed by atoms with Crippen LogP contribution < -0.4 is 5.32 Å². The van der Waals surface area contributed by atoms with Crippen molar-refractivity contribution in [2.24, 2.45) is 4.99 Å². The number of carbonyl (C=O) groups excluding carboxylic acids is 1. The highest BCUT2D eigenvalue weighted by Crippen LogP contribution is 2.46. The van der Waals surface area contributed by atoms with Crippen LogP contribution in [-0.2, 0) is 4.79 Å². The summed E-state index contributed by atoms with van der Waals surface area (Å²) < 4.78 is 5.85. The fourth-order valence-electron chi connectivity index (χ4n) is 4.72. The minimum atomic E-state index is -0.629. The van der Waals surface area contributed by atoms with Crippen molar-refractivity contribution in [3.8, 4) is 28.0 Å². The molecule has 6 rings (SSSR count). The fourth-order valence-corrected chi connectivity index (χ4v) is 6.11. The second-order valence-electron chi connectivity index (χ2n) is 9.53. The Bertz CT molecular complexity index is 1850. The number of halogens is 1. The summed E-state index contributed by atoms with van der Waals surface area (Å²) in [4.78, 5) is 24.5. The number of hydrogen-bond donors (Lipinski definition) is 2. The van der Waals surface area contributed by atoms with E-state index in [1.165, 1.54) is 12.1 Å². The van der Waals surface area contributed by atoms with Crippen molar-refractivity contribution in [3.63, 3.8) is 0 Å². The zero-order valence-electron chi connectivity index (χ0n) is 22.1. The van der Waals surface area contributed by atoms with Crippen LogP contribution in [-0.4, -0.2) is 26.9 Å². The first-order valence-corrected chi connectivity index (χ1v) is 14.0. The van der Waals surface area contributed by atoms with Crippen molar-refractivity contribution in [2.45, 2.75) is 26.3 Å². The van der Waals surface area contributed by atoms with Crippen molar-refractivity contribution in [1.29, 1.82) is 0 Å². The van der Waals surface area contributed by atoms with E-state index in [2.05, 4.69) is 27.3 Å². The van der Waals surface area contributed by atoms with Gasteiger partial charge in [0.2, 0.25) is 5.91 Å². The lowest BCUT2D eigenvalue weighted by Crippen LogP contribution is -2.16. The molecule has 4 heterocycles. The van der Waals surface area contributed by atoms with Gasteiger partial charge in [-0.15, -0.1) is 11.3 Å². The van der Waals surface area contributed by atoms with Crippen LogP contribution in [0.2, 0.25) is 5.02 Å². The van der Waals surface area contributed by atoms with Gasteiger partial charge < -0.3 is 14.9 Å². The average Bonchev–Trinajstić information content (AvgIpc) is 3.47. The summed E-state index contributed by atoms with van der Waals surface area (Å²) in [6.07, 6.45) is 1.75. The molecule has 202 valence electrons. The lowest BCUT2D eigenvalue weighted by Gasteiger charge is -2.13. The van der Waals surface area contributed by atoms with Crippen LogP contribution in [0.4, 0.5) is 5.69 Å². The van der Waals surface area contributed by atoms with Crippen molar-refractivity contribution in [1.82, 2.24) is 10.1 Å². The molecule has 2 aromatic carbocycles. The molecule has 0 saturated heterocycles. The number of amides is 1. The maximum absolute atomic E-state index is 13.2. The quantitative estimate of drug-likeness (QED) is 0.175. The Kier molecular flexibility index (Phi) is 7.14. The number of nitrogens with one attached hydrogen (secondary N) is 1. The molecule has 0 spiro atoms. The van der Waals surface area contributed by atoms with E-state index >= 15 is 0 Å². The number of phenols is 1. The lowest BCUT2D eigenvalue weighted by atomic mass is 9.96. The van der Waals surface area contributed by atoms with E-state index in [4.69, 9.17) is 21.1 Å². The maximum atomic E-state index is 13.2. The van der Waals surface area contributed by atoms with Gasteiger partial charge in [-0.25, -0.2) is 4.98 Å². The van der Waals surface area contributed by atoms with E-state index in [1.807, 2.05) is 56.3 Å². The average molecular weight is 579 g/mol. The molecule has 0 aliphatic carbocycles. The Labute approximate surface area is 245 Å². The summed E-state index contributed by atoms with van der Waals surface area (Å²) in [7, 11) is 0. The fraction of sp³-hybridized carbons (Fsp3) is 0.125. The molecular formula is C32H23ClN4O3S. The number of aliphatic imine (C=N–C) groups is 1. The third-order valence-corrected chi connectivity index (χ3v) is 8.18. The minimum absolute atomic E-state index is 0.0277. The third kappa shape index (κ3) is 5.38. The summed E-state index contributed by atoms with van der Waals surface area (Å²) in [6.45, 7) is 3.92. The Balaban J connectivity index is 1.47. The SMILES string of the molecule is Cc1noc2c1-c1sc(C#Cc3ccccn3)c(C)c1C(c1ccc(Cl)cc1)=N[C@H]2CC(=O)Nc1ccc(O)cc1. The number of carbonyl (C=O) groups is 1. The molecular weight excluding hydrogens is 556 g/mol. The molecule has 1 aliphatic rings. The van der Waals surface area contributed by atoms with Gasteiger partial charge in [0.15, 0.2) is 5.76 Å². The van der Waals surface area contributed by atoms with Crippen LogP contribution in [0.25, 0.3) is 10.4 Å². The van der Waals surface area contributed by atoms with Crippen LogP contribution in [0, 0.1) is 25.7 Å². The smallest absolute Gasteiger partial charge is 0.227 e. The monoisotopic (exact) mass is 578 g/mol. The zero-order chi connectivity index (χ0) is 28.5. The number of fused-ring (bicyclic) bond motifs is 3. The summed E-state index contributed by atoms with van der Waals surface area (Å²) >= 11 is 7.77. The number of aromatic hydroxyl groups is 1. The number of pyridine rings is 1. The standard InChI is InChI=1S/C32H23ClN4O3S/c1-18-26(15-12-22-5-3-4-16-34-22)41-32-28(18)30(20-6-8-21(33)9-7-20)36-25(31-29(32)19(2)37-40-31)17-27(39)35-23-10-13-24(38)14-11-23/h3-11,13-14,16,25,38H,17H2,1-2H3,(H,35,39)/t25-/m0/s1. The number of anilines is 1. The zero-order valence-corrected chi connectivity index (χ0v) is 23.7. The van der Waals surface area contributed by atoms with Gasteiger partial charge in [-0.1, -0.05) is 35.0 Å². The number of nitrogens with zero attached hydrogens (tertiary/aromatic N) is 3. The summed E-state index contributed by atoms with van der Waals surface area (Å²) in [6, 6.07) is 18.8. The molecule has 1 amide bonds. The Morgan fingerprint density at radius 3 is 2.56 bits per heavy atom. The number of rotatable bonds is 4. The molecule has 0 radical (unpaired) electrons. The van der Waals surface area contributed by atoms with Gasteiger partial charge in [-0.05, 0) is 79.8 Å². The number of phenolic OH excluding ortho intramolecular Hbond substituents is 1. The molecule has 0 bridgehead atoms. The van der Waals surface area contributed by atoms with Crippen molar-refractivity contribution in [2.75, 3.05) is 5.32 Å². The molecule has 0 saturated carbocycles. The summed E-state index contributed by atoms with van der Waals surface area (Å²) in [5, 5.41) is 17.3. The first-order chi connectivity index (χ1) is 19.9. The number of hydrogen-bond acceptors (Lipinski definition) is 7. The van der Waals surface area contributed by atoms with Gasteiger partial charge in [0.1, 0.15) is 17.5 Å². The molecule has 41 heavy (non-hydrogen) atoms. The molecule has 7 nitrogen and oxygen atoms in total. The number of aryl methyl sites for hydroxylation is 1. The van der Waals surface area contributed by atoms with Crippen molar-refractivity contribution in [3.05, 3.63) is 117 Å². The predicted molar refractivity (Wildman–Crippen MR) is 161 cm³/mol. The van der Waals surface area contributed by atoms with Gasteiger partial charge in [-0.2, -0.15) is 0 Å². The summed E-state index contributed by atoms with van der Waals surface area (Å²) in [5.74, 6) is 6.87. The Morgan fingerprint density at radius 1 is 1.05 bits per heavy atom. The Morgan fingerprint density at radius 2 is 1.83 bits per heavy atom. The number of aromatic nitrogens is 2. The van der Waals surface area contributed by atoms with Crippen LogP contribution in [0.15, 0.2) is 82.4 Å². The van der Waals surface area contributed by atoms with E-state index in [-0.39, 0.29) is 18.1 Å². The highest BCUT2D eigenvalue weighted by atomic mass is 35.5. The van der Waals surface area contributed by atoms with Gasteiger partial charge in [-0.3, -0.25) is 9.79 Å².